The van der Waals surface area contributed by atoms with Crippen LogP contribution in [0.1, 0.15) is 26.0 Å². The molecule has 5 heteroatoms. The predicted octanol–water partition coefficient (Wildman–Crippen LogP) is 3.75. The summed E-state index contributed by atoms with van der Waals surface area (Å²) in [4.78, 5) is 8.92. The zero-order valence-corrected chi connectivity index (χ0v) is 13.0. The van der Waals surface area contributed by atoms with Crippen LogP contribution in [0.5, 0.6) is 5.75 Å². The van der Waals surface area contributed by atoms with Crippen LogP contribution in [0.2, 0.25) is 0 Å². The van der Waals surface area contributed by atoms with E-state index in [0.717, 1.165) is 29.4 Å². The molecule has 0 aliphatic rings. The molecule has 5 nitrogen and oxygen atoms in total. The normalized spacial score (nSPS) is 11.8. The van der Waals surface area contributed by atoms with Crippen molar-refractivity contribution in [1.29, 1.82) is 0 Å². The van der Waals surface area contributed by atoms with Gasteiger partial charge in [0.05, 0.1) is 12.8 Å². The zero-order chi connectivity index (χ0) is 15.2. The van der Waals surface area contributed by atoms with Gasteiger partial charge < -0.3 is 15.4 Å². The average Bonchev–Trinajstić information content (AvgIpc) is 2.47. The number of ether oxygens (including phenoxy) is 1. The minimum atomic E-state index is 0.374. The van der Waals surface area contributed by atoms with Crippen LogP contribution in [-0.2, 0) is 0 Å². The molecule has 0 spiro atoms. The SMILES string of the molecule is CCC(C)Nc1cc(C)nc(Nc2ccccc2OC)n1. The van der Waals surface area contributed by atoms with Crippen molar-refractivity contribution in [2.75, 3.05) is 17.7 Å². The highest BCUT2D eigenvalue weighted by Crippen LogP contribution is 2.26. The topological polar surface area (TPSA) is 59.1 Å². The molecule has 1 atom stereocenters. The fraction of sp³-hybridized carbons (Fsp3) is 0.375. The summed E-state index contributed by atoms with van der Waals surface area (Å²) in [7, 11) is 1.65. The van der Waals surface area contributed by atoms with Gasteiger partial charge in [-0.05, 0) is 32.4 Å². The van der Waals surface area contributed by atoms with Crippen molar-refractivity contribution >= 4 is 17.5 Å². The van der Waals surface area contributed by atoms with Gasteiger partial charge in [-0.1, -0.05) is 19.1 Å². The van der Waals surface area contributed by atoms with Gasteiger partial charge in [-0.15, -0.1) is 0 Å². The third-order valence-corrected chi connectivity index (χ3v) is 3.21. The summed E-state index contributed by atoms with van der Waals surface area (Å²) >= 11 is 0. The average molecular weight is 286 g/mol. The molecule has 1 unspecified atom stereocenters. The number of hydrogen-bond donors (Lipinski definition) is 2. The molecule has 2 N–H and O–H groups in total. The Morgan fingerprint density at radius 3 is 2.71 bits per heavy atom. The Hall–Kier alpha value is -2.30. The number of para-hydroxylation sites is 2. The van der Waals surface area contributed by atoms with Crippen molar-refractivity contribution in [3.63, 3.8) is 0 Å². The number of anilines is 3. The maximum absolute atomic E-state index is 5.33. The summed E-state index contributed by atoms with van der Waals surface area (Å²) in [6, 6.07) is 10.0. The molecule has 0 aliphatic heterocycles. The molecular weight excluding hydrogens is 264 g/mol. The van der Waals surface area contributed by atoms with Gasteiger partial charge in [0.2, 0.25) is 5.95 Å². The number of hydrogen-bond acceptors (Lipinski definition) is 5. The Labute approximate surface area is 125 Å². The van der Waals surface area contributed by atoms with Gasteiger partial charge in [-0.3, -0.25) is 0 Å². The van der Waals surface area contributed by atoms with Gasteiger partial charge >= 0.3 is 0 Å². The van der Waals surface area contributed by atoms with E-state index in [1.54, 1.807) is 7.11 Å². The van der Waals surface area contributed by atoms with Crippen molar-refractivity contribution in [1.82, 2.24) is 9.97 Å². The molecule has 1 aromatic heterocycles. The predicted molar refractivity (Wildman–Crippen MR) is 86.4 cm³/mol. The monoisotopic (exact) mass is 286 g/mol. The van der Waals surface area contributed by atoms with Crippen molar-refractivity contribution in [3.05, 3.63) is 36.0 Å². The van der Waals surface area contributed by atoms with E-state index in [-0.39, 0.29) is 0 Å². The highest BCUT2D eigenvalue weighted by molar-refractivity contribution is 5.63. The molecule has 2 rings (SSSR count). The number of nitrogens with zero attached hydrogens (tertiary/aromatic N) is 2. The first-order chi connectivity index (χ1) is 10.1. The molecule has 0 bridgehead atoms. The van der Waals surface area contributed by atoms with Crippen LogP contribution in [0.25, 0.3) is 0 Å². The molecule has 0 fully saturated rings. The quantitative estimate of drug-likeness (QED) is 0.847. The minimum Gasteiger partial charge on any atom is -0.495 e. The van der Waals surface area contributed by atoms with Crippen LogP contribution in [0.15, 0.2) is 30.3 Å². The Morgan fingerprint density at radius 1 is 1.24 bits per heavy atom. The van der Waals surface area contributed by atoms with Gasteiger partial charge in [-0.25, -0.2) is 4.98 Å². The van der Waals surface area contributed by atoms with E-state index < -0.39 is 0 Å². The number of rotatable bonds is 6. The smallest absolute Gasteiger partial charge is 0.229 e. The molecule has 21 heavy (non-hydrogen) atoms. The fourth-order valence-electron chi connectivity index (χ4n) is 1.92. The highest BCUT2D eigenvalue weighted by Gasteiger charge is 2.07. The molecule has 0 saturated carbocycles. The van der Waals surface area contributed by atoms with E-state index in [4.69, 9.17) is 4.74 Å². The number of benzene rings is 1. The Balaban J connectivity index is 2.23. The van der Waals surface area contributed by atoms with Crippen LogP contribution >= 0.6 is 0 Å². The Morgan fingerprint density at radius 2 is 2.00 bits per heavy atom. The molecular formula is C16H22N4O. The lowest BCUT2D eigenvalue weighted by Gasteiger charge is -2.14. The first kappa shape index (κ1) is 15.1. The largest absolute Gasteiger partial charge is 0.495 e. The summed E-state index contributed by atoms with van der Waals surface area (Å²) < 4.78 is 5.33. The van der Waals surface area contributed by atoms with E-state index in [2.05, 4.69) is 34.4 Å². The van der Waals surface area contributed by atoms with Crippen LogP contribution in [-0.4, -0.2) is 23.1 Å². The number of nitrogens with one attached hydrogen (secondary N) is 2. The molecule has 1 aromatic carbocycles. The van der Waals surface area contributed by atoms with Crippen molar-refractivity contribution in [3.8, 4) is 5.75 Å². The molecule has 0 saturated heterocycles. The summed E-state index contributed by atoms with van der Waals surface area (Å²) in [5, 5.41) is 6.57. The molecule has 0 amide bonds. The number of methoxy groups -OCH3 is 1. The zero-order valence-electron chi connectivity index (χ0n) is 13.0. The van der Waals surface area contributed by atoms with Gasteiger partial charge in [0.1, 0.15) is 11.6 Å². The fourth-order valence-corrected chi connectivity index (χ4v) is 1.92. The molecule has 1 heterocycles. The molecule has 112 valence electrons. The van der Waals surface area contributed by atoms with Crippen LogP contribution in [0.3, 0.4) is 0 Å². The summed E-state index contributed by atoms with van der Waals surface area (Å²) in [5.74, 6) is 2.15. The van der Waals surface area contributed by atoms with Gasteiger partial charge in [0, 0.05) is 17.8 Å². The third-order valence-electron chi connectivity index (χ3n) is 3.21. The van der Waals surface area contributed by atoms with Gasteiger partial charge in [0.15, 0.2) is 0 Å². The number of aromatic nitrogens is 2. The first-order valence-corrected chi connectivity index (χ1v) is 7.14. The molecule has 2 aromatic rings. The van der Waals surface area contributed by atoms with E-state index >= 15 is 0 Å². The maximum Gasteiger partial charge on any atom is 0.229 e. The summed E-state index contributed by atoms with van der Waals surface area (Å²) in [5.41, 5.74) is 1.76. The van der Waals surface area contributed by atoms with Gasteiger partial charge in [-0.2, -0.15) is 4.98 Å². The lowest BCUT2D eigenvalue weighted by atomic mass is 10.2. The number of aryl methyl sites for hydroxylation is 1. The second-order valence-corrected chi connectivity index (χ2v) is 5.00. The lowest BCUT2D eigenvalue weighted by Crippen LogP contribution is -2.15. The van der Waals surface area contributed by atoms with Crippen LogP contribution in [0, 0.1) is 6.92 Å². The lowest BCUT2D eigenvalue weighted by molar-refractivity contribution is 0.417. The van der Waals surface area contributed by atoms with E-state index in [1.807, 2.05) is 37.3 Å². The summed E-state index contributed by atoms with van der Waals surface area (Å²) in [6.45, 7) is 6.22. The first-order valence-electron chi connectivity index (χ1n) is 7.14. The van der Waals surface area contributed by atoms with Crippen molar-refractivity contribution in [2.24, 2.45) is 0 Å². The summed E-state index contributed by atoms with van der Waals surface area (Å²) in [6.07, 6.45) is 1.04. The second kappa shape index (κ2) is 6.92. The van der Waals surface area contributed by atoms with Crippen molar-refractivity contribution in [2.45, 2.75) is 33.2 Å². The standard InChI is InChI=1S/C16H22N4O/c1-5-11(2)17-15-10-12(3)18-16(20-15)19-13-8-6-7-9-14(13)21-4/h6-11H,5H2,1-4H3,(H2,17,18,19,20). The van der Waals surface area contributed by atoms with E-state index in [1.165, 1.54) is 0 Å². The van der Waals surface area contributed by atoms with E-state index in [9.17, 15) is 0 Å². The highest BCUT2D eigenvalue weighted by atomic mass is 16.5. The van der Waals surface area contributed by atoms with Crippen molar-refractivity contribution < 1.29 is 4.74 Å². The molecule has 0 radical (unpaired) electrons. The third kappa shape index (κ3) is 4.08. The maximum atomic E-state index is 5.33. The van der Waals surface area contributed by atoms with Gasteiger partial charge in [0.25, 0.3) is 0 Å². The molecule has 0 aliphatic carbocycles. The Bertz CT molecular complexity index is 601. The second-order valence-electron chi connectivity index (χ2n) is 5.00. The van der Waals surface area contributed by atoms with E-state index in [0.29, 0.717) is 12.0 Å². The Kier molecular flexibility index (Phi) is 4.98. The van der Waals surface area contributed by atoms with Crippen LogP contribution < -0.4 is 15.4 Å². The minimum absolute atomic E-state index is 0.374. The van der Waals surface area contributed by atoms with Crippen LogP contribution in [0.4, 0.5) is 17.5 Å².